The predicted molar refractivity (Wildman–Crippen MR) is 263 cm³/mol. The standard InChI is InChI=1S/C54H48O15S3/c1-33-6-22-42(23-7-33)70(56,57)67-38-16-12-36(13-17-38)52-49(51(55)45-28-20-40(64-32-62-4)30-47(45)63-5)50-53(37-14-18-39(19-15-37)68-71(58,59)43-24-8-34(2)9-25-43)65-48-31-41(21-29-46(48)54(50)66-52)69-72(60,61)44-26-10-35(3)11-27-44/h6-31,49-50,52-54H,32H2,1-5H3/t49-,50-,52-,53-,54+/m1/s1. The highest BCUT2D eigenvalue weighted by Crippen LogP contribution is 2.60. The van der Waals surface area contributed by atoms with Crippen molar-refractivity contribution in [3.05, 3.63) is 197 Å². The third-order valence-electron chi connectivity index (χ3n) is 12.3. The smallest absolute Gasteiger partial charge is 0.339 e. The second-order valence-electron chi connectivity index (χ2n) is 17.3. The second-order valence-corrected chi connectivity index (χ2v) is 21.9. The number of carbonyl (C=O) groups excluding carboxylic acids is 1. The summed E-state index contributed by atoms with van der Waals surface area (Å²) < 4.78 is 127. The zero-order valence-electron chi connectivity index (χ0n) is 39.5. The monoisotopic (exact) mass is 1030 g/mol. The highest BCUT2D eigenvalue weighted by molar-refractivity contribution is 7.87. The minimum Gasteiger partial charge on any atom is -0.496 e. The van der Waals surface area contributed by atoms with Gasteiger partial charge in [-0.3, -0.25) is 4.79 Å². The third kappa shape index (κ3) is 10.4. The van der Waals surface area contributed by atoms with E-state index in [0.29, 0.717) is 22.4 Å². The summed E-state index contributed by atoms with van der Waals surface area (Å²) in [5.74, 6) is -1.59. The number of ketones is 1. The highest BCUT2D eigenvalue weighted by Gasteiger charge is 2.56. The van der Waals surface area contributed by atoms with E-state index in [9.17, 15) is 25.3 Å². The number of rotatable bonds is 17. The Balaban J connectivity index is 1.14. The summed E-state index contributed by atoms with van der Waals surface area (Å²) >= 11 is 0. The first-order valence-corrected chi connectivity index (χ1v) is 26.7. The maximum absolute atomic E-state index is 15.5. The average molecular weight is 1030 g/mol. The Labute approximate surface area is 418 Å². The van der Waals surface area contributed by atoms with Crippen LogP contribution in [0, 0.1) is 32.6 Å². The van der Waals surface area contributed by atoms with Crippen LogP contribution in [0.5, 0.6) is 34.5 Å². The zero-order valence-corrected chi connectivity index (χ0v) is 41.9. The Kier molecular flexibility index (Phi) is 13.9. The molecule has 0 saturated carbocycles. The van der Waals surface area contributed by atoms with Gasteiger partial charge in [0.05, 0.1) is 30.8 Å². The molecule has 18 heteroatoms. The molecular weight excluding hydrogens is 985 g/mol. The van der Waals surface area contributed by atoms with E-state index in [2.05, 4.69) is 0 Å². The van der Waals surface area contributed by atoms with Crippen LogP contribution in [0.4, 0.5) is 0 Å². The number of fused-ring (bicyclic) bond motifs is 3. The summed E-state index contributed by atoms with van der Waals surface area (Å²) in [6.07, 6.45) is -2.96. The first kappa shape index (κ1) is 49.7. The SMILES string of the molecule is COCOc1ccc(C(=O)[C@H]2[C@@H]3[C@@H](c4ccc(OS(=O)(=O)c5ccc(C)cc5)cc4)Oc4cc(OS(=O)(=O)c5ccc(C)cc5)ccc4[C@@H]3O[C@@H]2c2ccc(OS(=O)(=O)c3ccc(C)cc3)cc2)c(OC)c1. The molecule has 0 N–H and O–H groups in total. The zero-order chi connectivity index (χ0) is 51.0. The van der Waals surface area contributed by atoms with E-state index >= 15 is 4.79 Å². The van der Waals surface area contributed by atoms with Gasteiger partial charge < -0.3 is 36.2 Å². The molecule has 72 heavy (non-hydrogen) atoms. The van der Waals surface area contributed by atoms with Crippen LogP contribution in [0.2, 0.25) is 0 Å². The van der Waals surface area contributed by atoms with Crippen LogP contribution in [-0.4, -0.2) is 52.0 Å². The van der Waals surface area contributed by atoms with Gasteiger partial charge in [-0.25, -0.2) is 0 Å². The fourth-order valence-corrected chi connectivity index (χ4v) is 11.5. The van der Waals surface area contributed by atoms with Gasteiger partial charge in [0.2, 0.25) is 0 Å². The summed E-state index contributed by atoms with van der Waals surface area (Å²) in [7, 11) is -9.84. The quantitative estimate of drug-likeness (QED) is 0.0475. The molecule has 0 aliphatic carbocycles. The first-order chi connectivity index (χ1) is 34.4. The van der Waals surface area contributed by atoms with Crippen LogP contribution in [-0.2, 0) is 39.8 Å². The molecule has 9 rings (SSSR count). The van der Waals surface area contributed by atoms with Gasteiger partial charge >= 0.3 is 30.4 Å². The van der Waals surface area contributed by atoms with Gasteiger partial charge in [-0.1, -0.05) is 77.4 Å². The van der Waals surface area contributed by atoms with Crippen molar-refractivity contribution in [1.29, 1.82) is 0 Å². The van der Waals surface area contributed by atoms with Crippen molar-refractivity contribution in [3.63, 3.8) is 0 Å². The third-order valence-corrected chi connectivity index (χ3v) is 16.1. The van der Waals surface area contributed by atoms with E-state index in [0.717, 1.165) is 16.7 Å². The molecule has 5 atom stereocenters. The van der Waals surface area contributed by atoms with Gasteiger partial charge in [0.1, 0.15) is 55.3 Å². The molecule has 0 unspecified atom stereocenters. The van der Waals surface area contributed by atoms with Crippen molar-refractivity contribution in [1.82, 2.24) is 0 Å². The Hall–Kier alpha value is -7.22. The number of aryl methyl sites for hydroxylation is 3. The lowest BCUT2D eigenvalue weighted by atomic mass is 9.72. The normalized spacial score (nSPS) is 18.5. The molecule has 0 spiro atoms. The van der Waals surface area contributed by atoms with Crippen molar-refractivity contribution in [2.45, 2.75) is 53.8 Å². The summed E-state index contributed by atoms with van der Waals surface area (Å²) in [6.45, 7) is 5.45. The predicted octanol–water partition coefficient (Wildman–Crippen LogP) is 9.97. The van der Waals surface area contributed by atoms with E-state index in [1.165, 1.54) is 87.0 Å². The van der Waals surface area contributed by atoms with E-state index in [4.69, 9.17) is 36.2 Å². The van der Waals surface area contributed by atoms with E-state index < -0.39 is 66.3 Å². The van der Waals surface area contributed by atoms with Gasteiger partial charge in [-0.15, -0.1) is 0 Å². The van der Waals surface area contributed by atoms with Crippen molar-refractivity contribution in [2.24, 2.45) is 11.8 Å². The minimum atomic E-state index is -4.30. The second kappa shape index (κ2) is 20.1. The van der Waals surface area contributed by atoms with Crippen LogP contribution < -0.4 is 26.8 Å². The Morgan fingerprint density at radius 2 is 0.944 bits per heavy atom. The number of carbonyl (C=O) groups is 1. The van der Waals surface area contributed by atoms with Crippen LogP contribution in [0.25, 0.3) is 0 Å². The molecule has 0 bridgehead atoms. The van der Waals surface area contributed by atoms with E-state index in [1.807, 2.05) is 20.8 Å². The fourth-order valence-electron chi connectivity index (χ4n) is 8.70. The number of ether oxygens (including phenoxy) is 5. The van der Waals surface area contributed by atoms with Crippen molar-refractivity contribution >= 4 is 36.1 Å². The molecule has 15 nitrogen and oxygen atoms in total. The minimum absolute atomic E-state index is 0.00415. The molecule has 2 aliphatic heterocycles. The van der Waals surface area contributed by atoms with Crippen LogP contribution >= 0.6 is 0 Å². The summed E-state index contributed by atoms with van der Waals surface area (Å²) in [5, 5.41) is 0. The first-order valence-electron chi connectivity index (χ1n) is 22.5. The lowest BCUT2D eigenvalue weighted by Crippen LogP contribution is -2.35. The number of Topliss-reactive ketones (excluding diaryl/α,β-unsaturated/α-hetero) is 1. The lowest BCUT2D eigenvalue weighted by Gasteiger charge is -2.37. The van der Waals surface area contributed by atoms with Crippen LogP contribution in [0.1, 0.15) is 62.1 Å². The molecule has 7 aromatic rings. The molecule has 2 heterocycles. The summed E-state index contributed by atoms with van der Waals surface area (Å²) in [6, 6.07) is 40.3. The van der Waals surface area contributed by atoms with Crippen LogP contribution in [0.3, 0.4) is 0 Å². The van der Waals surface area contributed by atoms with E-state index in [-0.39, 0.29) is 55.8 Å². The Bertz CT molecular complexity index is 3450. The maximum Gasteiger partial charge on any atom is 0.339 e. The lowest BCUT2D eigenvalue weighted by molar-refractivity contribution is -0.00732. The van der Waals surface area contributed by atoms with Gasteiger partial charge in [0, 0.05) is 30.7 Å². The highest BCUT2D eigenvalue weighted by atomic mass is 32.2. The van der Waals surface area contributed by atoms with E-state index in [1.54, 1.807) is 84.9 Å². The maximum atomic E-state index is 15.5. The van der Waals surface area contributed by atoms with Crippen molar-refractivity contribution in [2.75, 3.05) is 21.0 Å². The van der Waals surface area contributed by atoms with Gasteiger partial charge in [-0.2, -0.15) is 25.3 Å². The van der Waals surface area contributed by atoms with Crippen LogP contribution in [0.15, 0.2) is 172 Å². The van der Waals surface area contributed by atoms with Gasteiger partial charge in [-0.05, 0) is 117 Å². The van der Waals surface area contributed by atoms with Gasteiger partial charge in [0.15, 0.2) is 12.6 Å². The molecule has 1 fully saturated rings. The summed E-state index contributed by atoms with van der Waals surface area (Å²) in [5.41, 5.74) is 4.23. The van der Waals surface area contributed by atoms with Crippen molar-refractivity contribution < 1.29 is 66.3 Å². The van der Waals surface area contributed by atoms with Crippen molar-refractivity contribution in [3.8, 4) is 34.5 Å². The Morgan fingerprint density at radius 3 is 1.42 bits per heavy atom. The van der Waals surface area contributed by atoms with Gasteiger partial charge in [0.25, 0.3) is 0 Å². The number of hydrogen-bond donors (Lipinski definition) is 0. The topological polar surface area (TPSA) is 193 Å². The molecule has 372 valence electrons. The number of methoxy groups -OCH3 is 2. The average Bonchev–Trinajstić information content (AvgIpc) is 3.76. The molecule has 0 radical (unpaired) electrons. The summed E-state index contributed by atoms with van der Waals surface area (Å²) in [4.78, 5) is 15.4. The fraction of sp³-hybridized carbons (Fsp3) is 0.204. The number of hydrogen-bond acceptors (Lipinski definition) is 15. The Morgan fingerprint density at radius 1 is 0.500 bits per heavy atom. The molecule has 0 amide bonds. The molecular formula is C54H48O15S3. The molecule has 1 saturated heterocycles. The largest absolute Gasteiger partial charge is 0.496 e. The molecule has 7 aromatic carbocycles. The molecule has 0 aromatic heterocycles. The number of benzene rings is 7. The molecule has 2 aliphatic rings.